The largest absolute Gasteiger partial charge is 0.504 e. The van der Waals surface area contributed by atoms with Gasteiger partial charge in [-0.1, -0.05) is 36.4 Å². The molecule has 1 aliphatic carbocycles. The van der Waals surface area contributed by atoms with Crippen LogP contribution >= 0.6 is 0 Å². The summed E-state index contributed by atoms with van der Waals surface area (Å²) in [6.07, 6.45) is 1.84. The fourth-order valence-corrected chi connectivity index (χ4v) is 6.32. The van der Waals surface area contributed by atoms with Crippen molar-refractivity contribution in [1.82, 2.24) is 0 Å². The number of aromatic carboxylic acids is 1. The number of phenols is 1. The number of ether oxygens (including phenoxy) is 1. The van der Waals surface area contributed by atoms with Gasteiger partial charge in [0.25, 0.3) is 0 Å². The first kappa shape index (κ1) is 24.6. The zero-order chi connectivity index (χ0) is 27.3. The van der Waals surface area contributed by atoms with E-state index in [9.17, 15) is 15.0 Å². The molecule has 4 aromatic carbocycles. The van der Waals surface area contributed by atoms with Crippen LogP contribution in [-0.4, -0.2) is 29.1 Å². The van der Waals surface area contributed by atoms with Gasteiger partial charge in [-0.05, 0) is 94.6 Å². The number of anilines is 1. The van der Waals surface area contributed by atoms with Crippen LogP contribution in [0, 0.1) is 11.3 Å². The summed E-state index contributed by atoms with van der Waals surface area (Å²) >= 11 is 0. The number of nitrogens with two attached hydrogens (primary N) is 1. The van der Waals surface area contributed by atoms with Crippen molar-refractivity contribution >= 4 is 17.5 Å². The number of aromatic hydroxyl groups is 1. The number of nitrogens with one attached hydrogen (secondary N) is 2. The molecule has 0 saturated carbocycles. The van der Waals surface area contributed by atoms with Gasteiger partial charge in [-0.25, -0.2) is 4.79 Å². The summed E-state index contributed by atoms with van der Waals surface area (Å²) in [7, 11) is 1.52. The van der Waals surface area contributed by atoms with Crippen molar-refractivity contribution in [1.29, 1.82) is 5.41 Å². The Labute approximate surface area is 226 Å². The lowest BCUT2D eigenvalue weighted by atomic mass is 9.65. The van der Waals surface area contributed by atoms with Crippen molar-refractivity contribution < 1.29 is 19.7 Å². The standard InChI is InChI=1S/C32H29N3O4/c1-39-28-16-24(23(15-27(28)36)18-6-4-7-20(13-18)32(37)38)30-22-11-9-17-5-2-3-8-21(17)29(22)25-14-19(31(33)34)10-12-26(25)35-30/h2-8,10,12-16,22,29-30,35-36H,9,11H2,1H3,(H3,33,34)(H,37,38). The number of fused-ring (bicyclic) bond motifs is 5. The molecule has 0 saturated heterocycles. The first-order chi connectivity index (χ1) is 18.9. The number of aryl methyl sites for hydroxylation is 1. The van der Waals surface area contributed by atoms with Gasteiger partial charge >= 0.3 is 5.97 Å². The number of carbonyl (C=O) groups is 1. The molecule has 0 fully saturated rings. The van der Waals surface area contributed by atoms with Gasteiger partial charge in [-0.15, -0.1) is 0 Å². The van der Waals surface area contributed by atoms with Crippen LogP contribution in [0.3, 0.4) is 0 Å². The predicted molar refractivity (Wildman–Crippen MR) is 151 cm³/mol. The number of benzene rings is 4. The number of methoxy groups -OCH3 is 1. The molecule has 7 nitrogen and oxygen atoms in total. The van der Waals surface area contributed by atoms with Crippen molar-refractivity contribution in [3.8, 4) is 22.6 Å². The van der Waals surface area contributed by atoms with Crippen LogP contribution in [0.25, 0.3) is 11.1 Å². The molecule has 6 N–H and O–H groups in total. The SMILES string of the molecule is COc1cc(C2Nc3ccc(C(=N)N)cc3C3c4ccccc4CCC23)c(-c2cccc(C(=O)O)c2)cc1O. The number of rotatable bonds is 5. The minimum absolute atomic E-state index is 0.00942. The van der Waals surface area contributed by atoms with Gasteiger partial charge in [0.1, 0.15) is 5.84 Å². The van der Waals surface area contributed by atoms with Crippen LogP contribution < -0.4 is 15.8 Å². The Bertz CT molecular complexity index is 1630. The van der Waals surface area contributed by atoms with Crippen molar-refractivity contribution in [2.45, 2.75) is 24.8 Å². The maximum atomic E-state index is 11.8. The molecule has 196 valence electrons. The van der Waals surface area contributed by atoms with Gasteiger partial charge in [-0.2, -0.15) is 0 Å². The van der Waals surface area contributed by atoms with E-state index in [0.29, 0.717) is 16.9 Å². The Hall–Kier alpha value is -4.78. The quantitative estimate of drug-likeness (QED) is 0.165. The normalized spacial score (nSPS) is 19.2. The Morgan fingerprint density at radius 1 is 0.974 bits per heavy atom. The predicted octanol–water partition coefficient (Wildman–Crippen LogP) is 5.91. The number of nitrogen functional groups attached to an aromatic ring is 1. The summed E-state index contributed by atoms with van der Waals surface area (Å²) in [5.41, 5.74) is 13.8. The van der Waals surface area contributed by atoms with E-state index in [0.717, 1.165) is 35.2 Å². The number of carboxylic acids is 1. The lowest BCUT2D eigenvalue weighted by molar-refractivity contribution is 0.0697. The average Bonchev–Trinajstić information content (AvgIpc) is 2.96. The first-order valence-corrected chi connectivity index (χ1v) is 12.9. The highest BCUT2D eigenvalue weighted by Crippen LogP contribution is 2.54. The third-order valence-electron chi connectivity index (χ3n) is 8.11. The molecule has 39 heavy (non-hydrogen) atoms. The minimum Gasteiger partial charge on any atom is -0.504 e. The fraction of sp³-hybridized carbons (Fsp3) is 0.188. The molecule has 4 aromatic rings. The number of carboxylic acid groups (broad SMARTS) is 1. The van der Waals surface area contributed by atoms with Crippen LogP contribution in [0.2, 0.25) is 0 Å². The molecule has 6 rings (SSSR count). The molecule has 0 bridgehead atoms. The molecule has 0 radical (unpaired) electrons. The van der Waals surface area contributed by atoms with E-state index in [2.05, 4.69) is 29.6 Å². The molecule has 0 aromatic heterocycles. The van der Waals surface area contributed by atoms with E-state index < -0.39 is 5.97 Å². The second-order valence-corrected chi connectivity index (χ2v) is 10.2. The van der Waals surface area contributed by atoms with Crippen LogP contribution in [0.5, 0.6) is 11.5 Å². The highest BCUT2D eigenvalue weighted by Gasteiger charge is 2.42. The molecule has 0 spiro atoms. The molecule has 1 aliphatic heterocycles. The highest BCUT2D eigenvalue weighted by molar-refractivity contribution is 5.96. The van der Waals surface area contributed by atoms with E-state index in [1.54, 1.807) is 24.3 Å². The van der Waals surface area contributed by atoms with Crippen molar-refractivity contribution in [3.05, 3.63) is 112 Å². The summed E-state index contributed by atoms with van der Waals surface area (Å²) in [5.74, 6) is -0.422. The average molecular weight is 520 g/mol. The number of hydrogen-bond donors (Lipinski definition) is 5. The summed E-state index contributed by atoms with van der Waals surface area (Å²) in [6.45, 7) is 0. The van der Waals surface area contributed by atoms with Crippen molar-refractivity contribution in [3.63, 3.8) is 0 Å². The molecule has 1 heterocycles. The summed E-state index contributed by atoms with van der Waals surface area (Å²) in [5, 5.41) is 32.2. The third kappa shape index (κ3) is 4.16. The maximum absolute atomic E-state index is 11.8. The zero-order valence-electron chi connectivity index (χ0n) is 21.4. The van der Waals surface area contributed by atoms with Crippen LogP contribution in [-0.2, 0) is 6.42 Å². The second kappa shape index (κ2) is 9.51. The summed E-state index contributed by atoms with van der Waals surface area (Å²) in [4.78, 5) is 11.8. The van der Waals surface area contributed by atoms with E-state index in [1.807, 2.05) is 30.3 Å². The Morgan fingerprint density at radius 2 is 1.79 bits per heavy atom. The summed E-state index contributed by atoms with van der Waals surface area (Å²) < 4.78 is 5.52. The molecule has 2 aliphatic rings. The topological polar surface area (TPSA) is 129 Å². The van der Waals surface area contributed by atoms with Gasteiger partial charge < -0.3 is 26.0 Å². The van der Waals surface area contributed by atoms with E-state index in [-0.39, 0.29) is 35.0 Å². The van der Waals surface area contributed by atoms with E-state index in [1.165, 1.54) is 18.2 Å². The minimum atomic E-state index is -1.01. The summed E-state index contributed by atoms with van der Waals surface area (Å²) in [6, 6.07) is 24.5. The Morgan fingerprint density at radius 3 is 2.56 bits per heavy atom. The van der Waals surface area contributed by atoms with Crippen molar-refractivity contribution in [2.24, 2.45) is 11.7 Å². The van der Waals surface area contributed by atoms with Crippen molar-refractivity contribution in [2.75, 3.05) is 12.4 Å². The van der Waals surface area contributed by atoms with Gasteiger partial charge in [0.05, 0.1) is 18.7 Å². The van der Waals surface area contributed by atoms with Crippen LogP contribution in [0.15, 0.2) is 78.9 Å². The molecular weight excluding hydrogens is 490 g/mol. The van der Waals surface area contributed by atoms with Gasteiger partial charge in [0.15, 0.2) is 11.5 Å². The molecule has 3 unspecified atom stereocenters. The van der Waals surface area contributed by atoms with Gasteiger partial charge in [0, 0.05) is 17.2 Å². The monoisotopic (exact) mass is 519 g/mol. The Balaban J connectivity index is 1.57. The maximum Gasteiger partial charge on any atom is 0.335 e. The fourth-order valence-electron chi connectivity index (χ4n) is 6.32. The molecule has 0 amide bonds. The Kier molecular flexibility index (Phi) is 5.99. The highest BCUT2D eigenvalue weighted by atomic mass is 16.5. The second-order valence-electron chi connectivity index (χ2n) is 10.2. The van der Waals surface area contributed by atoms with E-state index >= 15 is 0 Å². The molecule has 7 heteroatoms. The van der Waals surface area contributed by atoms with Crippen LogP contribution in [0.4, 0.5) is 5.69 Å². The van der Waals surface area contributed by atoms with Crippen LogP contribution in [0.1, 0.15) is 56.6 Å². The first-order valence-electron chi connectivity index (χ1n) is 12.9. The lowest BCUT2D eigenvalue weighted by Crippen LogP contribution is -2.36. The molecular formula is C32H29N3O4. The number of phenolic OH excluding ortho intramolecular Hbond substituents is 1. The molecule has 3 atom stereocenters. The van der Waals surface area contributed by atoms with E-state index in [4.69, 9.17) is 15.9 Å². The zero-order valence-corrected chi connectivity index (χ0v) is 21.4. The number of amidine groups is 1. The van der Waals surface area contributed by atoms with Gasteiger partial charge in [0.2, 0.25) is 0 Å². The third-order valence-corrected chi connectivity index (χ3v) is 8.11. The smallest absolute Gasteiger partial charge is 0.335 e. The number of hydrogen-bond acceptors (Lipinski definition) is 5. The lowest BCUT2D eigenvalue weighted by Gasteiger charge is -2.45. The van der Waals surface area contributed by atoms with Gasteiger partial charge in [-0.3, -0.25) is 5.41 Å².